The van der Waals surface area contributed by atoms with Crippen molar-refractivity contribution in [1.82, 2.24) is 9.55 Å². The summed E-state index contributed by atoms with van der Waals surface area (Å²) in [6.07, 6.45) is 0.400. The maximum absolute atomic E-state index is 13.3. The third-order valence-corrected chi connectivity index (χ3v) is 7.95. The van der Waals surface area contributed by atoms with Gasteiger partial charge in [0.25, 0.3) is 10.0 Å². The number of nitrogens with zero attached hydrogens (tertiary/aromatic N) is 3. The molecule has 0 saturated carbocycles. The summed E-state index contributed by atoms with van der Waals surface area (Å²) in [5.41, 5.74) is 2.25. The van der Waals surface area contributed by atoms with E-state index in [1.165, 1.54) is 4.31 Å². The molecule has 1 amide bonds. The zero-order chi connectivity index (χ0) is 19.5. The van der Waals surface area contributed by atoms with Gasteiger partial charge in [0.2, 0.25) is 11.9 Å². The first-order valence-corrected chi connectivity index (χ1v) is 11.3. The molecule has 0 radical (unpaired) electrons. The molecule has 0 aliphatic carbocycles. The second-order valence-electron chi connectivity index (χ2n) is 6.97. The minimum Gasteiger partial charge on any atom is -0.325 e. The zero-order valence-corrected chi connectivity index (χ0v) is 16.8. The van der Waals surface area contributed by atoms with Crippen LogP contribution in [0.25, 0.3) is 11.0 Å². The van der Waals surface area contributed by atoms with Crippen molar-refractivity contribution in [2.45, 2.75) is 34.9 Å². The Morgan fingerprint density at radius 1 is 1.18 bits per heavy atom. The van der Waals surface area contributed by atoms with Gasteiger partial charge in [-0.25, -0.2) is 17.7 Å². The average Bonchev–Trinajstić information content (AvgIpc) is 3.17. The highest BCUT2D eigenvalue weighted by Gasteiger charge is 2.34. The first-order valence-electron chi connectivity index (χ1n) is 9.02. The summed E-state index contributed by atoms with van der Waals surface area (Å²) in [5, 5.41) is 2.97. The van der Waals surface area contributed by atoms with Crippen LogP contribution in [0.5, 0.6) is 0 Å². The Hall–Kier alpha value is -2.52. The lowest BCUT2D eigenvalue weighted by atomic mass is 10.3. The van der Waals surface area contributed by atoms with Crippen molar-refractivity contribution in [1.29, 1.82) is 0 Å². The fourth-order valence-corrected chi connectivity index (χ4v) is 6.20. The number of rotatable bonds is 2. The van der Waals surface area contributed by atoms with Crippen molar-refractivity contribution in [2.75, 3.05) is 16.2 Å². The minimum absolute atomic E-state index is 0.101. The molecule has 1 unspecified atom stereocenters. The lowest BCUT2D eigenvalue weighted by Crippen LogP contribution is -2.29. The van der Waals surface area contributed by atoms with E-state index in [0.717, 1.165) is 15.9 Å². The number of thioether (sulfide) groups is 1. The molecule has 7 nitrogen and oxygen atoms in total. The van der Waals surface area contributed by atoms with Crippen molar-refractivity contribution in [3.63, 3.8) is 0 Å². The summed E-state index contributed by atoms with van der Waals surface area (Å²) in [6, 6.07) is 12.6. The van der Waals surface area contributed by atoms with Crippen LogP contribution in [-0.4, -0.2) is 35.7 Å². The maximum Gasteiger partial charge on any atom is 0.266 e. The number of anilines is 2. The predicted molar refractivity (Wildman–Crippen MR) is 109 cm³/mol. The lowest BCUT2D eigenvalue weighted by Gasteiger charge is -2.18. The van der Waals surface area contributed by atoms with Gasteiger partial charge in [-0.15, -0.1) is 11.8 Å². The number of hydrogen-bond donors (Lipinski definition) is 1. The van der Waals surface area contributed by atoms with Gasteiger partial charge in [0, 0.05) is 23.1 Å². The molecule has 9 heteroatoms. The average molecular weight is 415 g/mol. The molecule has 0 saturated heterocycles. The predicted octanol–water partition coefficient (Wildman–Crippen LogP) is 3.07. The van der Waals surface area contributed by atoms with Crippen LogP contribution in [0.3, 0.4) is 0 Å². The van der Waals surface area contributed by atoms with Crippen LogP contribution in [0.2, 0.25) is 0 Å². The van der Waals surface area contributed by atoms with Gasteiger partial charge in [0.05, 0.1) is 28.2 Å². The number of fused-ring (bicyclic) bond motifs is 4. The van der Waals surface area contributed by atoms with E-state index in [2.05, 4.69) is 10.3 Å². The molecule has 2 aliphatic heterocycles. The van der Waals surface area contributed by atoms with Crippen molar-refractivity contribution in [2.24, 2.45) is 0 Å². The zero-order valence-electron chi connectivity index (χ0n) is 15.1. The largest absolute Gasteiger partial charge is 0.325 e. The van der Waals surface area contributed by atoms with Crippen LogP contribution in [0.1, 0.15) is 13.3 Å². The fraction of sp³-hybridized carbons (Fsp3) is 0.263. The number of amides is 1. The van der Waals surface area contributed by atoms with Gasteiger partial charge in [-0.1, -0.05) is 19.1 Å². The molecule has 144 valence electrons. The van der Waals surface area contributed by atoms with E-state index >= 15 is 0 Å². The quantitative estimate of drug-likeness (QED) is 0.697. The summed E-state index contributed by atoms with van der Waals surface area (Å²) >= 11 is 1.57. The Morgan fingerprint density at radius 3 is 2.86 bits per heavy atom. The van der Waals surface area contributed by atoms with E-state index < -0.39 is 10.0 Å². The minimum atomic E-state index is -3.79. The number of carbonyl (C=O) groups excluding carboxylic acids is 1. The van der Waals surface area contributed by atoms with E-state index in [1.807, 2.05) is 35.8 Å². The Labute approximate surface area is 166 Å². The van der Waals surface area contributed by atoms with Crippen LogP contribution in [0, 0.1) is 0 Å². The summed E-state index contributed by atoms with van der Waals surface area (Å²) in [4.78, 5) is 17.6. The number of hydrogen-bond acceptors (Lipinski definition) is 5. The van der Waals surface area contributed by atoms with Crippen LogP contribution < -0.4 is 9.62 Å². The standard InChI is InChI=1S/C19H18N4O3S2/c1-12-10-18(24)20-15-11-13(6-7-17(15)27-12)28(25,26)23-9-8-22-16-5-3-2-4-14(16)21-19(22)23/h2-7,11-12H,8-10H2,1H3,(H,20,24). The normalized spacial score (nSPS) is 19.2. The van der Waals surface area contributed by atoms with E-state index in [9.17, 15) is 13.2 Å². The number of aromatic nitrogens is 2. The van der Waals surface area contributed by atoms with Gasteiger partial charge in [0.15, 0.2) is 0 Å². The van der Waals surface area contributed by atoms with Gasteiger partial charge in [-0.2, -0.15) is 0 Å². The third-order valence-electron chi connectivity index (χ3n) is 5.00. The van der Waals surface area contributed by atoms with E-state index in [4.69, 9.17) is 0 Å². The lowest BCUT2D eigenvalue weighted by molar-refractivity contribution is -0.116. The number of carbonyl (C=O) groups is 1. The molecule has 1 atom stereocenters. The van der Waals surface area contributed by atoms with Crippen LogP contribution >= 0.6 is 11.8 Å². The van der Waals surface area contributed by atoms with Gasteiger partial charge in [0.1, 0.15) is 0 Å². The second-order valence-corrected chi connectivity index (χ2v) is 10.3. The van der Waals surface area contributed by atoms with Gasteiger partial charge in [-0.3, -0.25) is 4.79 Å². The Bertz CT molecular complexity index is 1220. The molecule has 1 N–H and O–H groups in total. The molecular weight excluding hydrogens is 396 g/mol. The van der Waals surface area contributed by atoms with Gasteiger partial charge >= 0.3 is 0 Å². The topological polar surface area (TPSA) is 84.3 Å². The molecular formula is C19H18N4O3S2. The molecule has 1 aromatic heterocycles. The number of nitrogens with one attached hydrogen (secondary N) is 1. The summed E-state index contributed by atoms with van der Waals surface area (Å²) in [6.45, 7) is 2.88. The Balaban J connectivity index is 1.57. The molecule has 3 aromatic rings. The molecule has 2 aliphatic rings. The maximum atomic E-state index is 13.3. The summed E-state index contributed by atoms with van der Waals surface area (Å²) < 4.78 is 30.0. The SMILES string of the molecule is CC1CC(=O)Nc2cc(S(=O)(=O)N3CCn4c3nc3ccccc34)ccc2S1. The number of para-hydroxylation sites is 2. The molecule has 3 heterocycles. The van der Waals surface area contributed by atoms with E-state index in [0.29, 0.717) is 31.1 Å². The van der Waals surface area contributed by atoms with Crippen molar-refractivity contribution < 1.29 is 13.2 Å². The number of sulfonamides is 1. The Kier molecular flexibility index (Phi) is 3.92. The van der Waals surface area contributed by atoms with Gasteiger partial charge < -0.3 is 9.88 Å². The first kappa shape index (κ1) is 17.6. The van der Waals surface area contributed by atoms with E-state index in [-0.39, 0.29) is 16.1 Å². The molecule has 0 spiro atoms. The molecule has 5 rings (SSSR count). The van der Waals surface area contributed by atoms with Crippen LogP contribution in [0.4, 0.5) is 11.6 Å². The molecule has 2 aromatic carbocycles. The highest BCUT2D eigenvalue weighted by atomic mass is 32.2. The van der Waals surface area contributed by atoms with Crippen molar-refractivity contribution in [3.8, 4) is 0 Å². The van der Waals surface area contributed by atoms with Crippen molar-refractivity contribution >= 4 is 50.4 Å². The van der Waals surface area contributed by atoms with Gasteiger partial charge in [-0.05, 0) is 30.3 Å². The second kappa shape index (κ2) is 6.25. The monoisotopic (exact) mass is 414 g/mol. The Morgan fingerprint density at radius 2 is 2.00 bits per heavy atom. The third kappa shape index (κ3) is 2.68. The highest BCUT2D eigenvalue weighted by molar-refractivity contribution is 8.00. The van der Waals surface area contributed by atoms with Crippen LogP contribution in [0.15, 0.2) is 52.3 Å². The summed E-state index contributed by atoms with van der Waals surface area (Å²) in [7, 11) is -3.79. The summed E-state index contributed by atoms with van der Waals surface area (Å²) in [5.74, 6) is 0.333. The molecule has 0 fully saturated rings. The number of benzene rings is 2. The van der Waals surface area contributed by atoms with Crippen molar-refractivity contribution in [3.05, 3.63) is 42.5 Å². The molecule has 0 bridgehead atoms. The smallest absolute Gasteiger partial charge is 0.266 e. The first-order chi connectivity index (χ1) is 13.4. The highest BCUT2D eigenvalue weighted by Crippen LogP contribution is 2.38. The number of imidazole rings is 1. The fourth-order valence-electron chi connectivity index (χ4n) is 3.71. The van der Waals surface area contributed by atoms with E-state index in [1.54, 1.807) is 30.0 Å². The molecule has 28 heavy (non-hydrogen) atoms. The van der Waals surface area contributed by atoms with Crippen LogP contribution in [-0.2, 0) is 21.4 Å².